The highest BCUT2D eigenvalue weighted by molar-refractivity contribution is 7.89. The molecule has 0 bridgehead atoms. The van der Waals surface area contributed by atoms with Crippen LogP contribution < -0.4 is 4.72 Å². The number of alkyl halides is 3. The predicted octanol–water partition coefficient (Wildman–Crippen LogP) is 3.87. The summed E-state index contributed by atoms with van der Waals surface area (Å²) in [5.41, 5.74) is 1.35. The van der Waals surface area contributed by atoms with Gasteiger partial charge in [0.1, 0.15) is 11.4 Å². The predicted molar refractivity (Wildman–Crippen MR) is 106 cm³/mol. The molecule has 7 nitrogen and oxygen atoms in total. The van der Waals surface area contributed by atoms with Gasteiger partial charge in [-0.3, -0.25) is 0 Å². The lowest BCUT2D eigenvalue weighted by atomic mass is 9.99. The van der Waals surface area contributed by atoms with Gasteiger partial charge < -0.3 is 4.98 Å². The quantitative estimate of drug-likeness (QED) is 0.532. The summed E-state index contributed by atoms with van der Waals surface area (Å²) in [4.78, 5) is 11.3. The Bertz CT molecular complexity index is 1260. The van der Waals surface area contributed by atoms with E-state index < -0.39 is 28.0 Å². The average molecular weight is 449 g/mol. The van der Waals surface area contributed by atoms with Crippen LogP contribution in [0.4, 0.5) is 13.2 Å². The number of hydrogen-bond donors (Lipinski definition) is 2. The average Bonchev–Trinajstić information content (AvgIpc) is 3.44. The van der Waals surface area contributed by atoms with Crippen molar-refractivity contribution in [2.45, 2.75) is 36.3 Å². The summed E-state index contributed by atoms with van der Waals surface area (Å²) in [5.74, 6) is -2.15. The van der Waals surface area contributed by atoms with Crippen LogP contribution in [-0.4, -0.2) is 36.1 Å². The molecule has 4 rings (SSSR count). The Balaban J connectivity index is 1.73. The van der Waals surface area contributed by atoms with Crippen molar-refractivity contribution in [2.24, 2.45) is 5.92 Å². The maximum atomic E-state index is 13.6. The topological polar surface area (TPSA) is 112 Å². The molecule has 1 fully saturated rings. The fourth-order valence-electron chi connectivity index (χ4n) is 3.54. The third kappa shape index (κ3) is 4.40. The van der Waals surface area contributed by atoms with Gasteiger partial charge in [0.2, 0.25) is 10.0 Å². The van der Waals surface area contributed by atoms with Crippen molar-refractivity contribution in [2.75, 3.05) is 6.54 Å². The lowest BCUT2D eigenvalue weighted by Crippen LogP contribution is -2.24. The molecular weight excluding hydrogens is 431 g/mol. The smallest absolute Gasteiger partial charge is 0.344 e. The van der Waals surface area contributed by atoms with E-state index in [-0.39, 0.29) is 29.1 Å². The minimum Gasteiger partial charge on any atom is -0.344 e. The molecule has 162 valence electrons. The van der Waals surface area contributed by atoms with Gasteiger partial charge in [0.15, 0.2) is 5.65 Å². The van der Waals surface area contributed by atoms with Gasteiger partial charge >= 0.3 is 6.18 Å². The fourth-order valence-corrected chi connectivity index (χ4v) is 4.61. The van der Waals surface area contributed by atoms with Crippen LogP contribution in [0, 0.1) is 17.2 Å². The SMILES string of the molecule is N#CCCNS(=O)(=O)c1cccc(-c2c[nH]c3ncc(C(C4CC4)C(F)(F)F)nc23)c1. The minimum absolute atomic E-state index is 0.0208. The highest BCUT2D eigenvalue weighted by Crippen LogP contribution is 2.50. The maximum Gasteiger partial charge on any atom is 0.397 e. The van der Waals surface area contributed by atoms with Gasteiger partial charge in [0.25, 0.3) is 0 Å². The van der Waals surface area contributed by atoms with Crippen molar-refractivity contribution in [1.82, 2.24) is 19.7 Å². The number of aromatic amines is 1. The van der Waals surface area contributed by atoms with Crippen LogP contribution in [0.15, 0.2) is 41.6 Å². The van der Waals surface area contributed by atoms with Crippen molar-refractivity contribution in [3.8, 4) is 17.2 Å². The number of benzene rings is 1. The van der Waals surface area contributed by atoms with Crippen LogP contribution >= 0.6 is 0 Å². The summed E-state index contributed by atoms with van der Waals surface area (Å²) in [6.45, 7) is -0.0228. The Kier molecular flexibility index (Phi) is 5.45. The molecule has 31 heavy (non-hydrogen) atoms. The highest BCUT2D eigenvalue weighted by atomic mass is 32.2. The molecule has 0 amide bonds. The van der Waals surface area contributed by atoms with Gasteiger partial charge in [-0.15, -0.1) is 0 Å². The Morgan fingerprint density at radius 3 is 2.77 bits per heavy atom. The lowest BCUT2D eigenvalue weighted by Gasteiger charge is -2.19. The second-order valence-electron chi connectivity index (χ2n) is 7.38. The summed E-state index contributed by atoms with van der Waals surface area (Å²) in [5, 5.41) is 8.58. The van der Waals surface area contributed by atoms with Crippen molar-refractivity contribution in [1.29, 1.82) is 5.26 Å². The number of rotatable bonds is 7. The molecule has 0 aliphatic heterocycles. The van der Waals surface area contributed by atoms with Crippen LogP contribution in [0.1, 0.15) is 30.9 Å². The summed E-state index contributed by atoms with van der Waals surface area (Å²) >= 11 is 0. The van der Waals surface area contributed by atoms with E-state index in [1.165, 1.54) is 18.2 Å². The Morgan fingerprint density at radius 2 is 2.10 bits per heavy atom. The number of fused-ring (bicyclic) bond motifs is 1. The van der Waals surface area contributed by atoms with Crippen molar-refractivity contribution in [3.63, 3.8) is 0 Å². The second kappa shape index (κ2) is 7.94. The number of aromatic nitrogens is 3. The Hall–Kier alpha value is -2.97. The van der Waals surface area contributed by atoms with E-state index >= 15 is 0 Å². The zero-order chi connectivity index (χ0) is 22.2. The maximum absolute atomic E-state index is 13.6. The van der Waals surface area contributed by atoms with E-state index in [0.717, 1.165) is 6.20 Å². The van der Waals surface area contributed by atoms with Crippen molar-refractivity contribution >= 4 is 21.2 Å². The number of nitriles is 1. The van der Waals surface area contributed by atoms with Crippen LogP contribution in [0.3, 0.4) is 0 Å². The lowest BCUT2D eigenvalue weighted by molar-refractivity contribution is -0.156. The molecule has 1 saturated carbocycles. The van der Waals surface area contributed by atoms with Gasteiger partial charge in [-0.05, 0) is 36.5 Å². The van der Waals surface area contributed by atoms with E-state index in [0.29, 0.717) is 29.6 Å². The molecule has 0 saturated heterocycles. The van der Waals surface area contributed by atoms with Gasteiger partial charge in [-0.25, -0.2) is 23.1 Å². The third-order valence-corrected chi connectivity index (χ3v) is 6.61. The molecule has 1 aromatic carbocycles. The summed E-state index contributed by atoms with van der Waals surface area (Å²) in [7, 11) is -3.84. The summed E-state index contributed by atoms with van der Waals surface area (Å²) in [6.07, 6.45) is -0.683. The largest absolute Gasteiger partial charge is 0.397 e. The molecule has 1 aliphatic rings. The summed E-state index contributed by atoms with van der Waals surface area (Å²) in [6, 6.07) is 7.85. The first kappa shape index (κ1) is 21.3. The standard InChI is InChI=1S/C20H18F3N5O2S/c21-20(22,23)17(12-5-6-12)16-11-26-19-18(28-16)15(10-25-19)13-3-1-4-14(9-13)31(29,30)27-8-2-7-24/h1,3-4,9-12,17,27H,2,5-6,8H2,(H,25,26). The molecule has 3 aromatic rings. The molecule has 1 atom stereocenters. The summed E-state index contributed by atoms with van der Waals surface area (Å²) < 4.78 is 68.0. The Morgan fingerprint density at radius 1 is 1.32 bits per heavy atom. The monoisotopic (exact) mass is 449 g/mol. The Labute approximate surface area is 176 Å². The second-order valence-corrected chi connectivity index (χ2v) is 9.15. The normalized spacial score (nSPS) is 15.7. The van der Waals surface area contributed by atoms with Crippen LogP contribution in [0.5, 0.6) is 0 Å². The van der Waals surface area contributed by atoms with Crippen molar-refractivity contribution in [3.05, 3.63) is 42.4 Å². The first-order chi connectivity index (χ1) is 14.7. The third-order valence-electron chi connectivity index (χ3n) is 5.15. The van der Waals surface area contributed by atoms with Gasteiger partial charge in [0.05, 0.1) is 22.9 Å². The molecule has 2 heterocycles. The molecule has 1 aliphatic carbocycles. The number of H-pyrrole nitrogens is 1. The molecule has 0 radical (unpaired) electrons. The number of nitrogens with zero attached hydrogens (tertiary/aromatic N) is 3. The van der Waals surface area contributed by atoms with E-state index in [1.807, 2.05) is 6.07 Å². The van der Waals surface area contributed by atoms with Gasteiger partial charge in [-0.2, -0.15) is 18.4 Å². The first-order valence-corrected chi connectivity index (χ1v) is 11.1. The van der Waals surface area contributed by atoms with Gasteiger partial charge in [-0.1, -0.05) is 12.1 Å². The minimum atomic E-state index is -4.41. The number of nitrogens with one attached hydrogen (secondary N) is 2. The van der Waals surface area contributed by atoms with E-state index in [9.17, 15) is 21.6 Å². The van der Waals surface area contributed by atoms with Crippen LogP contribution in [-0.2, 0) is 10.0 Å². The highest BCUT2D eigenvalue weighted by Gasteiger charge is 2.50. The zero-order valence-electron chi connectivity index (χ0n) is 16.1. The number of hydrogen-bond acceptors (Lipinski definition) is 5. The van der Waals surface area contributed by atoms with Crippen LogP contribution in [0.25, 0.3) is 22.3 Å². The number of halogens is 3. The number of sulfonamides is 1. The molecule has 0 spiro atoms. The zero-order valence-corrected chi connectivity index (χ0v) is 17.0. The molecule has 1 unspecified atom stereocenters. The molecule has 2 N–H and O–H groups in total. The van der Waals surface area contributed by atoms with Crippen LogP contribution in [0.2, 0.25) is 0 Å². The van der Waals surface area contributed by atoms with E-state index in [1.54, 1.807) is 12.3 Å². The fraction of sp³-hybridized carbons (Fsp3) is 0.350. The first-order valence-electron chi connectivity index (χ1n) is 9.58. The molecule has 2 aromatic heterocycles. The van der Waals surface area contributed by atoms with E-state index in [4.69, 9.17) is 5.26 Å². The van der Waals surface area contributed by atoms with Gasteiger partial charge in [0, 0.05) is 24.7 Å². The molecular formula is C20H18F3N5O2S. The van der Waals surface area contributed by atoms with E-state index in [2.05, 4.69) is 19.7 Å². The molecule has 11 heteroatoms. The van der Waals surface area contributed by atoms with Crippen molar-refractivity contribution < 1.29 is 21.6 Å².